The Morgan fingerprint density at radius 1 is 0.917 bits per heavy atom. The van der Waals surface area contributed by atoms with Gasteiger partial charge in [0.2, 0.25) is 11.8 Å². The van der Waals surface area contributed by atoms with Gasteiger partial charge in [-0.25, -0.2) is 0 Å². The van der Waals surface area contributed by atoms with Gasteiger partial charge in [-0.05, 0) is 82.9 Å². The molecule has 1 N–H and O–H groups in total. The lowest BCUT2D eigenvalue weighted by atomic mass is 10.0. The zero-order valence-electron chi connectivity index (χ0n) is 22.1. The molecule has 2 rings (SSSR count). The van der Waals surface area contributed by atoms with E-state index in [-0.39, 0.29) is 24.8 Å². The Bertz CT molecular complexity index is 1040. The quantitative estimate of drug-likeness (QED) is 0.338. The summed E-state index contributed by atoms with van der Waals surface area (Å²) in [4.78, 5) is 28.3. The minimum absolute atomic E-state index is 0.121. The zero-order valence-corrected chi connectivity index (χ0v) is 23.6. The molecule has 0 aliphatic carbocycles. The van der Waals surface area contributed by atoms with E-state index in [0.717, 1.165) is 11.1 Å². The highest BCUT2D eigenvalue weighted by atomic mass is 35.5. The number of hydrogen-bond acceptors (Lipinski definition) is 4. The van der Waals surface area contributed by atoms with Gasteiger partial charge < -0.3 is 19.7 Å². The number of hydrogen-bond donors (Lipinski definition) is 1. The number of benzene rings is 2. The van der Waals surface area contributed by atoms with Crippen LogP contribution < -0.4 is 14.8 Å². The monoisotopic (exact) mass is 536 g/mol. The van der Waals surface area contributed by atoms with Crippen molar-refractivity contribution in [2.75, 3.05) is 13.2 Å². The van der Waals surface area contributed by atoms with Crippen LogP contribution in [0.2, 0.25) is 10.0 Å². The molecule has 8 heteroatoms. The van der Waals surface area contributed by atoms with E-state index >= 15 is 0 Å². The van der Waals surface area contributed by atoms with Crippen LogP contribution in [-0.4, -0.2) is 41.5 Å². The summed E-state index contributed by atoms with van der Waals surface area (Å²) in [5.74, 6) is 1.04. The molecule has 0 aliphatic rings. The summed E-state index contributed by atoms with van der Waals surface area (Å²) < 4.78 is 11.4. The molecule has 0 unspecified atom stereocenters. The van der Waals surface area contributed by atoms with Gasteiger partial charge in [0.1, 0.15) is 6.04 Å². The van der Waals surface area contributed by atoms with Crippen LogP contribution in [0.5, 0.6) is 11.5 Å². The first-order valence-electron chi connectivity index (χ1n) is 12.4. The van der Waals surface area contributed by atoms with Crippen molar-refractivity contribution in [1.29, 1.82) is 0 Å². The number of nitrogens with zero attached hydrogens (tertiary/aromatic N) is 1. The zero-order chi connectivity index (χ0) is 26.9. The fourth-order valence-electron chi connectivity index (χ4n) is 3.85. The van der Waals surface area contributed by atoms with Crippen molar-refractivity contribution >= 4 is 35.0 Å². The molecule has 6 nitrogen and oxygen atoms in total. The molecule has 0 spiro atoms. The van der Waals surface area contributed by atoms with Gasteiger partial charge in [-0.3, -0.25) is 9.59 Å². The molecule has 2 aromatic rings. The Kier molecular flexibility index (Phi) is 11.4. The highest BCUT2D eigenvalue weighted by molar-refractivity contribution is 6.42. The highest BCUT2D eigenvalue weighted by Gasteiger charge is 2.30. The summed E-state index contributed by atoms with van der Waals surface area (Å²) >= 11 is 12.3. The van der Waals surface area contributed by atoms with Gasteiger partial charge in [-0.2, -0.15) is 0 Å². The minimum atomic E-state index is -0.620. The minimum Gasteiger partial charge on any atom is -0.490 e. The Balaban J connectivity index is 2.28. The number of rotatable bonds is 12. The van der Waals surface area contributed by atoms with Crippen LogP contribution in [0.1, 0.15) is 65.5 Å². The first-order chi connectivity index (χ1) is 17.0. The van der Waals surface area contributed by atoms with Gasteiger partial charge in [-0.15, -0.1) is 0 Å². The van der Waals surface area contributed by atoms with Crippen LogP contribution in [0.25, 0.3) is 0 Å². The van der Waals surface area contributed by atoms with Gasteiger partial charge in [0.15, 0.2) is 11.5 Å². The number of carbonyl (C=O) groups is 2. The maximum Gasteiger partial charge on any atom is 0.243 e. The average Bonchev–Trinajstić information content (AvgIpc) is 2.80. The van der Waals surface area contributed by atoms with E-state index in [4.69, 9.17) is 32.7 Å². The van der Waals surface area contributed by atoms with Crippen LogP contribution in [0.3, 0.4) is 0 Å². The van der Waals surface area contributed by atoms with Crippen LogP contribution in [0.15, 0.2) is 36.4 Å². The fraction of sp³-hybridized carbons (Fsp3) is 0.500. The lowest BCUT2D eigenvalue weighted by Gasteiger charge is -2.33. The molecular formula is C28H38Cl2N2O4. The van der Waals surface area contributed by atoms with Gasteiger partial charge in [0.05, 0.1) is 23.3 Å². The number of aryl methyl sites for hydroxylation is 1. The molecule has 0 radical (unpaired) electrons. The first-order valence-corrected chi connectivity index (χ1v) is 13.2. The van der Waals surface area contributed by atoms with E-state index in [1.54, 1.807) is 17.0 Å². The summed E-state index contributed by atoms with van der Waals surface area (Å²) in [7, 11) is 0. The van der Waals surface area contributed by atoms with E-state index in [2.05, 4.69) is 5.32 Å². The summed E-state index contributed by atoms with van der Waals surface area (Å²) in [6, 6.07) is 10.4. The first kappa shape index (κ1) is 29.8. The summed E-state index contributed by atoms with van der Waals surface area (Å²) in [5.41, 5.74) is 1.34. The second kappa shape index (κ2) is 13.8. The van der Waals surface area contributed by atoms with Crippen molar-refractivity contribution in [2.24, 2.45) is 0 Å². The normalized spacial score (nSPS) is 12.1. The SMILES string of the molecule is CCOc1ccc(CCC(=O)N(Cc2ccc(Cl)c(Cl)c2)[C@@H](CC)C(=O)NC(C)(C)C)cc1OCC. The van der Waals surface area contributed by atoms with E-state index in [0.29, 0.717) is 47.6 Å². The number of halogens is 2. The van der Waals surface area contributed by atoms with E-state index in [9.17, 15) is 9.59 Å². The third-order valence-electron chi connectivity index (χ3n) is 5.46. The van der Waals surface area contributed by atoms with E-state index in [1.807, 2.05) is 65.8 Å². The second-order valence-corrected chi connectivity index (χ2v) is 10.4. The molecular weight excluding hydrogens is 499 g/mol. The number of carbonyl (C=O) groups excluding carboxylic acids is 2. The molecule has 2 amide bonds. The van der Waals surface area contributed by atoms with Gasteiger partial charge in [-0.1, -0.05) is 42.3 Å². The molecule has 198 valence electrons. The standard InChI is InChI=1S/C28H38Cl2N2O4/c1-7-23(27(34)31-28(4,5)6)32(18-20-10-13-21(29)22(30)16-20)26(33)15-12-19-11-14-24(35-8-2)25(17-19)36-9-3/h10-11,13-14,16-17,23H,7-9,12,15,18H2,1-6H3,(H,31,34)/t23-/m0/s1. The number of nitrogens with one attached hydrogen (secondary N) is 1. The van der Waals surface area contributed by atoms with Gasteiger partial charge >= 0.3 is 0 Å². The molecule has 0 heterocycles. The Labute approximate surface area is 225 Å². The molecule has 1 atom stereocenters. The molecule has 36 heavy (non-hydrogen) atoms. The second-order valence-electron chi connectivity index (χ2n) is 9.58. The Hall–Kier alpha value is -2.44. The number of ether oxygens (including phenoxy) is 2. The van der Waals surface area contributed by atoms with Gasteiger partial charge in [0, 0.05) is 18.5 Å². The predicted molar refractivity (Wildman–Crippen MR) is 146 cm³/mol. The molecule has 0 aromatic heterocycles. The molecule has 0 saturated carbocycles. The van der Waals surface area contributed by atoms with Crippen molar-refractivity contribution in [3.8, 4) is 11.5 Å². The Morgan fingerprint density at radius 3 is 2.14 bits per heavy atom. The largest absolute Gasteiger partial charge is 0.490 e. The number of amides is 2. The van der Waals surface area contributed by atoms with Crippen LogP contribution in [0.4, 0.5) is 0 Å². The highest BCUT2D eigenvalue weighted by Crippen LogP contribution is 2.29. The van der Waals surface area contributed by atoms with Crippen LogP contribution >= 0.6 is 23.2 Å². The van der Waals surface area contributed by atoms with E-state index < -0.39 is 11.6 Å². The van der Waals surface area contributed by atoms with Crippen LogP contribution in [0, 0.1) is 0 Å². The predicted octanol–water partition coefficient (Wildman–Crippen LogP) is 6.45. The van der Waals surface area contributed by atoms with Gasteiger partial charge in [0.25, 0.3) is 0 Å². The fourth-order valence-corrected chi connectivity index (χ4v) is 4.17. The van der Waals surface area contributed by atoms with Crippen molar-refractivity contribution in [3.63, 3.8) is 0 Å². The maximum atomic E-state index is 13.6. The molecule has 2 aromatic carbocycles. The maximum absolute atomic E-state index is 13.6. The topological polar surface area (TPSA) is 67.9 Å². The molecule has 0 bridgehead atoms. The molecule has 0 fully saturated rings. The lowest BCUT2D eigenvalue weighted by Crippen LogP contribution is -2.53. The summed E-state index contributed by atoms with van der Waals surface area (Å²) in [5, 5.41) is 3.86. The third-order valence-corrected chi connectivity index (χ3v) is 6.20. The average molecular weight is 538 g/mol. The van der Waals surface area contributed by atoms with Crippen molar-refractivity contribution in [3.05, 3.63) is 57.6 Å². The Morgan fingerprint density at radius 2 is 1.56 bits per heavy atom. The third kappa shape index (κ3) is 8.90. The van der Waals surface area contributed by atoms with Crippen molar-refractivity contribution < 1.29 is 19.1 Å². The molecule has 0 saturated heterocycles. The van der Waals surface area contributed by atoms with E-state index in [1.165, 1.54) is 0 Å². The molecule has 0 aliphatic heterocycles. The smallest absolute Gasteiger partial charge is 0.243 e. The van der Waals surface area contributed by atoms with Crippen molar-refractivity contribution in [1.82, 2.24) is 10.2 Å². The summed E-state index contributed by atoms with van der Waals surface area (Å²) in [6.07, 6.45) is 1.22. The van der Waals surface area contributed by atoms with Crippen molar-refractivity contribution in [2.45, 2.75) is 78.9 Å². The summed E-state index contributed by atoms with van der Waals surface area (Å²) in [6.45, 7) is 12.8. The van der Waals surface area contributed by atoms with Crippen LogP contribution in [-0.2, 0) is 22.6 Å². The lowest BCUT2D eigenvalue weighted by molar-refractivity contribution is -0.142.